The Morgan fingerprint density at radius 3 is 2.57 bits per heavy atom. The number of aromatic amines is 1. The summed E-state index contributed by atoms with van der Waals surface area (Å²) in [5.41, 5.74) is -0.802. The molecule has 2 heterocycles. The molecule has 1 aliphatic rings. The highest BCUT2D eigenvalue weighted by molar-refractivity contribution is 5.97. The van der Waals surface area contributed by atoms with Crippen LogP contribution in [0.5, 0.6) is 0 Å². The number of carbonyl (C=O) groups excluding carboxylic acids is 1. The predicted octanol–water partition coefficient (Wildman–Crippen LogP) is 3.58. The van der Waals surface area contributed by atoms with Gasteiger partial charge in [-0.1, -0.05) is 24.3 Å². The van der Waals surface area contributed by atoms with Crippen molar-refractivity contribution >= 4 is 22.4 Å². The molecule has 2 aromatic carbocycles. The fraction of sp³-hybridized carbons (Fsp3) is 0.200. The summed E-state index contributed by atoms with van der Waals surface area (Å²) in [6.45, 7) is 0.744. The highest BCUT2D eigenvalue weighted by atomic mass is 19.4. The van der Waals surface area contributed by atoms with Crippen molar-refractivity contribution < 1.29 is 22.7 Å². The van der Waals surface area contributed by atoms with Gasteiger partial charge in [0, 0.05) is 28.9 Å². The van der Waals surface area contributed by atoms with Crippen LogP contribution >= 0.6 is 0 Å². The molecule has 0 bridgehead atoms. The fourth-order valence-electron chi connectivity index (χ4n) is 3.32. The van der Waals surface area contributed by atoms with Gasteiger partial charge in [0.2, 0.25) is 0 Å². The van der Waals surface area contributed by atoms with E-state index in [1.165, 1.54) is 29.2 Å². The van der Waals surface area contributed by atoms with Gasteiger partial charge in [0.25, 0.3) is 11.5 Å². The Labute approximate surface area is 157 Å². The predicted molar refractivity (Wildman–Crippen MR) is 98.2 cm³/mol. The van der Waals surface area contributed by atoms with Crippen molar-refractivity contribution in [1.29, 1.82) is 0 Å². The van der Waals surface area contributed by atoms with Crippen LogP contribution in [0.3, 0.4) is 0 Å². The van der Waals surface area contributed by atoms with Crippen LogP contribution < -0.4 is 10.5 Å². The Kier molecular flexibility index (Phi) is 4.43. The molecule has 1 aromatic heterocycles. The Bertz CT molecular complexity index is 1120. The highest BCUT2D eigenvalue weighted by Crippen LogP contribution is 2.36. The summed E-state index contributed by atoms with van der Waals surface area (Å²) >= 11 is 0. The van der Waals surface area contributed by atoms with Gasteiger partial charge in [0.05, 0.1) is 12.2 Å². The Balaban J connectivity index is 1.82. The molecule has 28 heavy (non-hydrogen) atoms. The van der Waals surface area contributed by atoms with Gasteiger partial charge in [-0.25, -0.2) is 0 Å². The van der Waals surface area contributed by atoms with Gasteiger partial charge in [0.1, 0.15) is 6.61 Å². The van der Waals surface area contributed by atoms with Crippen molar-refractivity contribution in [1.82, 2.24) is 4.98 Å². The zero-order chi connectivity index (χ0) is 19.9. The van der Waals surface area contributed by atoms with E-state index >= 15 is 0 Å². The van der Waals surface area contributed by atoms with E-state index < -0.39 is 17.3 Å². The Morgan fingerprint density at radius 2 is 1.82 bits per heavy atom. The smallest absolute Gasteiger partial charge is 0.370 e. The van der Waals surface area contributed by atoms with Crippen molar-refractivity contribution in [3.63, 3.8) is 0 Å². The summed E-state index contributed by atoms with van der Waals surface area (Å²) in [5.74, 6) is -0.210. The third kappa shape index (κ3) is 3.27. The number of fused-ring (bicyclic) bond motifs is 1. The molecule has 0 saturated carbocycles. The summed E-state index contributed by atoms with van der Waals surface area (Å²) in [5, 5.41) is 0.783. The molecule has 1 aliphatic heterocycles. The summed E-state index contributed by atoms with van der Waals surface area (Å²) in [4.78, 5) is 28.6. The van der Waals surface area contributed by atoms with Crippen LogP contribution in [0.25, 0.3) is 22.0 Å². The summed E-state index contributed by atoms with van der Waals surface area (Å²) in [6, 6.07) is 11.5. The number of carbonyl (C=O) groups is 1. The van der Waals surface area contributed by atoms with Gasteiger partial charge in [0.15, 0.2) is 0 Å². The molecule has 0 spiro atoms. The van der Waals surface area contributed by atoms with E-state index in [2.05, 4.69) is 4.98 Å². The second kappa shape index (κ2) is 6.79. The van der Waals surface area contributed by atoms with E-state index in [4.69, 9.17) is 4.74 Å². The number of morpholine rings is 1. The molecule has 0 atom stereocenters. The summed E-state index contributed by atoms with van der Waals surface area (Å²) in [7, 11) is 0. The number of pyridine rings is 1. The first-order chi connectivity index (χ1) is 13.3. The second-order valence-electron chi connectivity index (χ2n) is 6.42. The number of alkyl halides is 3. The molecule has 0 radical (unpaired) electrons. The molecule has 5 nitrogen and oxygen atoms in total. The number of H-pyrrole nitrogens is 1. The third-order valence-corrected chi connectivity index (χ3v) is 4.65. The second-order valence-corrected chi connectivity index (χ2v) is 6.42. The molecule has 0 unspecified atom stereocenters. The number of ether oxygens (including phenoxy) is 1. The van der Waals surface area contributed by atoms with Crippen LogP contribution in [0.2, 0.25) is 0 Å². The van der Waals surface area contributed by atoms with Crippen LogP contribution in [0.4, 0.5) is 18.9 Å². The number of nitrogens with zero attached hydrogens (tertiary/aromatic N) is 1. The zero-order valence-corrected chi connectivity index (χ0v) is 14.5. The van der Waals surface area contributed by atoms with Crippen LogP contribution in [0.15, 0.2) is 53.3 Å². The maximum atomic E-state index is 13.3. The monoisotopic (exact) mass is 388 g/mol. The lowest BCUT2D eigenvalue weighted by molar-refractivity contribution is -0.137. The first kappa shape index (κ1) is 18.2. The SMILES string of the molecule is O=C1COCCN1c1ccc2cc(-c3ccccc3C(F)(F)F)[nH]c(=O)c2c1. The number of amides is 1. The largest absolute Gasteiger partial charge is 0.417 e. The van der Waals surface area contributed by atoms with Crippen molar-refractivity contribution in [3.8, 4) is 11.3 Å². The van der Waals surface area contributed by atoms with E-state index in [0.29, 0.717) is 29.6 Å². The molecule has 3 aromatic rings. The first-order valence-corrected chi connectivity index (χ1v) is 8.56. The Hall–Kier alpha value is -3.13. The van der Waals surface area contributed by atoms with E-state index in [1.54, 1.807) is 18.2 Å². The average molecular weight is 388 g/mol. The lowest BCUT2D eigenvalue weighted by Crippen LogP contribution is -2.41. The maximum absolute atomic E-state index is 13.3. The minimum absolute atomic E-state index is 0.0262. The highest BCUT2D eigenvalue weighted by Gasteiger charge is 2.33. The maximum Gasteiger partial charge on any atom is 0.417 e. The molecule has 1 fully saturated rings. The summed E-state index contributed by atoms with van der Waals surface area (Å²) in [6.07, 6.45) is -4.54. The first-order valence-electron chi connectivity index (χ1n) is 8.56. The topological polar surface area (TPSA) is 62.4 Å². The van der Waals surface area contributed by atoms with Crippen molar-refractivity contribution in [2.45, 2.75) is 6.18 Å². The minimum atomic E-state index is -4.54. The number of benzene rings is 2. The number of nitrogens with one attached hydrogen (secondary N) is 1. The molecule has 1 amide bonds. The molecule has 144 valence electrons. The molecule has 1 saturated heterocycles. The minimum Gasteiger partial charge on any atom is -0.370 e. The molecule has 8 heteroatoms. The molecule has 1 N–H and O–H groups in total. The van der Waals surface area contributed by atoms with Crippen molar-refractivity contribution in [2.75, 3.05) is 24.7 Å². The van der Waals surface area contributed by atoms with E-state index in [-0.39, 0.29) is 23.8 Å². The number of rotatable bonds is 2. The normalized spacial score (nSPS) is 15.2. The number of anilines is 1. The molecule has 4 rings (SSSR count). The van der Waals surface area contributed by atoms with Gasteiger partial charge >= 0.3 is 6.18 Å². The van der Waals surface area contributed by atoms with Gasteiger partial charge in [-0.05, 0) is 29.7 Å². The summed E-state index contributed by atoms with van der Waals surface area (Å²) < 4.78 is 45.0. The molecular weight excluding hydrogens is 373 g/mol. The number of aromatic nitrogens is 1. The van der Waals surface area contributed by atoms with Crippen LogP contribution in [0.1, 0.15) is 5.56 Å². The lowest BCUT2D eigenvalue weighted by Gasteiger charge is -2.27. The fourth-order valence-corrected chi connectivity index (χ4v) is 3.32. The van der Waals surface area contributed by atoms with E-state index in [1.807, 2.05) is 0 Å². The van der Waals surface area contributed by atoms with Crippen LogP contribution in [-0.2, 0) is 15.7 Å². The van der Waals surface area contributed by atoms with Gasteiger partial charge in [-0.2, -0.15) is 13.2 Å². The van der Waals surface area contributed by atoms with E-state index in [0.717, 1.165) is 6.07 Å². The van der Waals surface area contributed by atoms with Crippen LogP contribution in [-0.4, -0.2) is 30.6 Å². The third-order valence-electron chi connectivity index (χ3n) is 4.65. The van der Waals surface area contributed by atoms with Crippen LogP contribution in [0, 0.1) is 0 Å². The Morgan fingerprint density at radius 1 is 1.04 bits per heavy atom. The molecule has 0 aliphatic carbocycles. The van der Waals surface area contributed by atoms with Crippen molar-refractivity contribution in [2.24, 2.45) is 0 Å². The standard InChI is InChI=1S/C20H15F3N2O3/c21-20(22,23)16-4-2-1-3-14(16)17-9-12-5-6-13(10-15(12)19(27)24-17)25-7-8-28-11-18(25)26/h1-6,9-10H,7-8,11H2,(H,24,27). The number of halogens is 3. The molecular formula is C20H15F3N2O3. The lowest BCUT2D eigenvalue weighted by atomic mass is 10.0. The quantitative estimate of drug-likeness (QED) is 0.730. The van der Waals surface area contributed by atoms with Gasteiger partial charge in [-0.15, -0.1) is 0 Å². The zero-order valence-electron chi connectivity index (χ0n) is 14.5. The van der Waals surface area contributed by atoms with Crippen molar-refractivity contribution in [3.05, 3.63) is 64.4 Å². The average Bonchev–Trinajstić information content (AvgIpc) is 2.67. The number of hydrogen-bond donors (Lipinski definition) is 1. The van der Waals surface area contributed by atoms with E-state index in [9.17, 15) is 22.8 Å². The van der Waals surface area contributed by atoms with Gasteiger partial charge < -0.3 is 14.6 Å². The number of hydrogen-bond acceptors (Lipinski definition) is 3. The van der Waals surface area contributed by atoms with Gasteiger partial charge in [-0.3, -0.25) is 9.59 Å².